The highest BCUT2D eigenvalue weighted by atomic mass is 19.4. The van der Waals surface area contributed by atoms with E-state index in [9.17, 15) is 26.7 Å². The maximum atomic E-state index is 13.3. The number of halogens is 5. The lowest BCUT2D eigenvalue weighted by molar-refractivity contribution is -0.289. The Balaban J connectivity index is 2.01. The second-order valence-electron chi connectivity index (χ2n) is 5.10. The number of amides is 2. The van der Waals surface area contributed by atoms with E-state index < -0.39 is 23.7 Å². The van der Waals surface area contributed by atoms with Crippen molar-refractivity contribution in [1.29, 1.82) is 0 Å². The highest BCUT2D eigenvalue weighted by Gasteiger charge is 2.58. The minimum Gasteiger partial charge on any atom is -0.378 e. The molecule has 0 spiro atoms. The first-order valence-corrected chi connectivity index (χ1v) is 7.12. The Morgan fingerprint density at radius 2 is 2.00 bits per heavy atom. The zero-order valence-corrected chi connectivity index (χ0v) is 12.5. The predicted octanol–water partition coefficient (Wildman–Crippen LogP) is 2.39. The van der Waals surface area contributed by atoms with Gasteiger partial charge in [0.2, 0.25) is 0 Å². The highest BCUT2D eigenvalue weighted by molar-refractivity contribution is 5.73. The van der Waals surface area contributed by atoms with E-state index in [-0.39, 0.29) is 18.7 Å². The maximum Gasteiger partial charge on any atom is 0.458 e. The normalized spacial score (nSPS) is 16.6. The third-order valence-electron chi connectivity index (χ3n) is 3.34. The van der Waals surface area contributed by atoms with Crippen LogP contribution in [0.5, 0.6) is 0 Å². The van der Waals surface area contributed by atoms with Gasteiger partial charge >= 0.3 is 18.1 Å². The number of alkyl halides is 5. The average molecular weight is 353 g/mol. The molecule has 1 fully saturated rings. The summed E-state index contributed by atoms with van der Waals surface area (Å²) in [6.07, 6.45) is -5.68. The van der Waals surface area contributed by atoms with Crippen molar-refractivity contribution in [2.45, 2.75) is 18.6 Å². The number of hydrogen-bond acceptors (Lipinski definition) is 3. The fourth-order valence-corrected chi connectivity index (χ4v) is 2.08. The molecule has 5 nitrogen and oxygen atoms in total. The highest BCUT2D eigenvalue weighted by Crippen LogP contribution is 2.43. The van der Waals surface area contributed by atoms with E-state index in [1.807, 2.05) is 0 Å². The Hall–Kier alpha value is -1.94. The molecule has 1 aliphatic heterocycles. The van der Waals surface area contributed by atoms with Crippen LogP contribution in [-0.2, 0) is 17.2 Å². The molecule has 1 aliphatic rings. The van der Waals surface area contributed by atoms with Crippen molar-refractivity contribution >= 4 is 6.03 Å². The first-order chi connectivity index (χ1) is 11.2. The molecule has 0 radical (unpaired) electrons. The summed E-state index contributed by atoms with van der Waals surface area (Å²) in [5.74, 6) is -4.95. The van der Waals surface area contributed by atoms with Gasteiger partial charge in [-0.05, 0) is 11.6 Å². The van der Waals surface area contributed by atoms with Crippen molar-refractivity contribution in [1.82, 2.24) is 15.8 Å². The van der Waals surface area contributed by atoms with Gasteiger partial charge in [-0.25, -0.2) is 10.2 Å². The van der Waals surface area contributed by atoms with Crippen LogP contribution < -0.4 is 10.7 Å². The smallest absolute Gasteiger partial charge is 0.378 e. The average Bonchev–Trinajstić information content (AvgIpc) is 2.81. The minimum absolute atomic E-state index is 0.135. The number of nitrogens with one attached hydrogen (secondary N) is 2. The number of carbonyl (C=O) groups excluding carboxylic acids is 1. The van der Waals surface area contributed by atoms with Gasteiger partial charge in [0.15, 0.2) is 0 Å². The number of urea groups is 1. The number of ether oxygens (including phenoxy) is 1. The molecule has 0 atom stereocenters. The zero-order chi connectivity index (χ0) is 17.8. The third kappa shape index (κ3) is 4.32. The summed E-state index contributed by atoms with van der Waals surface area (Å²) in [7, 11) is 0. The standard InChI is InChI=1S/C14H16F5N3O2/c15-13(16,14(17,18)19)11-3-1-2-10(8-11)9-20-12(23)22-5-7-24-6-4-21-22/h1-3,8,21H,4-7,9H2,(H,20,23). The van der Waals surface area contributed by atoms with Gasteiger partial charge in [-0.3, -0.25) is 5.01 Å². The monoisotopic (exact) mass is 353 g/mol. The largest absolute Gasteiger partial charge is 0.458 e. The van der Waals surface area contributed by atoms with Gasteiger partial charge in [-0.1, -0.05) is 18.2 Å². The summed E-state index contributed by atoms with van der Waals surface area (Å²) in [6.45, 7) is 1.32. The first kappa shape index (κ1) is 18.4. The molecule has 0 aliphatic carbocycles. The van der Waals surface area contributed by atoms with Gasteiger partial charge in [0.05, 0.1) is 19.8 Å². The molecular weight excluding hydrogens is 337 g/mol. The van der Waals surface area contributed by atoms with Crippen LogP contribution in [0, 0.1) is 0 Å². The van der Waals surface area contributed by atoms with E-state index >= 15 is 0 Å². The molecule has 1 saturated heterocycles. The van der Waals surface area contributed by atoms with Gasteiger partial charge in [0.25, 0.3) is 0 Å². The van der Waals surface area contributed by atoms with E-state index in [2.05, 4.69) is 10.7 Å². The second-order valence-corrected chi connectivity index (χ2v) is 5.10. The Morgan fingerprint density at radius 1 is 1.25 bits per heavy atom. The molecule has 2 amide bonds. The van der Waals surface area contributed by atoms with Crippen LogP contribution in [0.2, 0.25) is 0 Å². The van der Waals surface area contributed by atoms with E-state index in [0.717, 1.165) is 12.1 Å². The van der Waals surface area contributed by atoms with Crippen molar-refractivity contribution in [3.8, 4) is 0 Å². The number of carbonyl (C=O) groups is 1. The molecule has 0 aromatic heterocycles. The van der Waals surface area contributed by atoms with Crippen LogP contribution in [0.15, 0.2) is 24.3 Å². The number of hydrazine groups is 1. The molecule has 0 bridgehead atoms. The summed E-state index contributed by atoms with van der Waals surface area (Å²) in [4.78, 5) is 11.9. The van der Waals surface area contributed by atoms with Crippen molar-refractivity contribution < 1.29 is 31.5 Å². The van der Waals surface area contributed by atoms with Crippen LogP contribution in [0.3, 0.4) is 0 Å². The molecule has 24 heavy (non-hydrogen) atoms. The molecular formula is C14H16F5N3O2. The van der Waals surface area contributed by atoms with Gasteiger partial charge in [0, 0.05) is 18.7 Å². The van der Waals surface area contributed by atoms with Crippen LogP contribution in [0.4, 0.5) is 26.7 Å². The summed E-state index contributed by atoms with van der Waals surface area (Å²) in [5.41, 5.74) is 1.77. The van der Waals surface area contributed by atoms with E-state index in [0.29, 0.717) is 25.8 Å². The lowest BCUT2D eigenvalue weighted by Crippen LogP contribution is -2.48. The minimum atomic E-state index is -5.68. The Bertz CT molecular complexity index is 572. The van der Waals surface area contributed by atoms with Crippen molar-refractivity contribution in [2.24, 2.45) is 0 Å². The maximum absolute atomic E-state index is 13.3. The SMILES string of the molecule is O=C(NCc1cccc(C(F)(F)C(F)(F)F)c1)N1CCOCCN1. The first-order valence-electron chi connectivity index (χ1n) is 7.12. The van der Waals surface area contributed by atoms with Crippen molar-refractivity contribution in [2.75, 3.05) is 26.3 Å². The number of nitrogens with zero attached hydrogens (tertiary/aromatic N) is 1. The van der Waals surface area contributed by atoms with Crippen LogP contribution in [0.25, 0.3) is 0 Å². The molecule has 2 rings (SSSR count). The summed E-state index contributed by atoms with van der Waals surface area (Å²) >= 11 is 0. The van der Waals surface area contributed by atoms with Crippen molar-refractivity contribution in [3.05, 3.63) is 35.4 Å². The quantitative estimate of drug-likeness (QED) is 0.821. The van der Waals surface area contributed by atoms with Crippen LogP contribution in [-0.4, -0.2) is 43.5 Å². The Labute approximate surface area is 134 Å². The Kier molecular flexibility index (Phi) is 5.60. The zero-order valence-electron chi connectivity index (χ0n) is 12.5. The topological polar surface area (TPSA) is 53.6 Å². The molecule has 134 valence electrons. The molecule has 2 N–H and O–H groups in total. The van der Waals surface area contributed by atoms with Gasteiger partial charge < -0.3 is 10.1 Å². The van der Waals surface area contributed by atoms with E-state index in [4.69, 9.17) is 4.74 Å². The number of benzene rings is 1. The van der Waals surface area contributed by atoms with Gasteiger partial charge in [-0.15, -0.1) is 0 Å². The number of hydrogen-bond donors (Lipinski definition) is 2. The fourth-order valence-electron chi connectivity index (χ4n) is 2.08. The third-order valence-corrected chi connectivity index (χ3v) is 3.34. The second kappa shape index (κ2) is 7.31. The number of rotatable bonds is 3. The van der Waals surface area contributed by atoms with Gasteiger partial charge in [-0.2, -0.15) is 22.0 Å². The molecule has 0 unspecified atom stereocenters. The van der Waals surface area contributed by atoms with Crippen LogP contribution >= 0.6 is 0 Å². The summed E-state index contributed by atoms with van der Waals surface area (Å²) in [5, 5.41) is 3.72. The van der Waals surface area contributed by atoms with Crippen molar-refractivity contribution in [3.63, 3.8) is 0 Å². The predicted molar refractivity (Wildman–Crippen MR) is 74.2 cm³/mol. The summed E-state index contributed by atoms with van der Waals surface area (Å²) < 4.78 is 69.0. The van der Waals surface area contributed by atoms with E-state index in [1.165, 1.54) is 11.1 Å². The Morgan fingerprint density at radius 3 is 2.71 bits per heavy atom. The molecule has 1 heterocycles. The fraction of sp³-hybridized carbons (Fsp3) is 0.500. The lowest BCUT2D eigenvalue weighted by atomic mass is 10.0. The molecule has 10 heteroatoms. The molecule has 1 aromatic carbocycles. The lowest BCUT2D eigenvalue weighted by Gasteiger charge is -2.22. The van der Waals surface area contributed by atoms with Gasteiger partial charge in [0.1, 0.15) is 0 Å². The summed E-state index contributed by atoms with van der Waals surface area (Å²) in [6, 6.07) is 3.36. The molecule has 1 aromatic rings. The van der Waals surface area contributed by atoms with Crippen LogP contribution in [0.1, 0.15) is 11.1 Å². The molecule has 0 saturated carbocycles. The van der Waals surface area contributed by atoms with E-state index in [1.54, 1.807) is 0 Å².